The molecule has 1 aromatic heterocycles. The predicted molar refractivity (Wildman–Crippen MR) is 75.9 cm³/mol. The zero-order valence-corrected chi connectivity index (χ0v) is 12.1. The molecule has 1 heterocycles. The fourth-order valence-electron chi connectivity index (χ4n) is 1.42. The molecule has 5 heteroatoms. The van der Waals surface area contributed by atoms with Gasteiger partial charge in [-0.05, 0) is 41.4 Å². The van der Waals surface area contributed by atoms with E-state index in [2.05, 4.69) is 32.7 Å². The summed E-state index contributed by atoms with van der Waals surface area (Å²) in [4.78, 5) is 7.00. The van der Waals surface area contributed by atoms with Crippen LogP contribution in [0.5, 0.6) is 0 Å². The maximum Gasteiger partial charge on any atom is 0.142 e. The Balaban J connectivity index is 2.87. The molecule has 1 aromatic rings. The number of pyridine rings is 1. The van der Waals surface area contributed by atoms with Gasteiger partial charge in [-0.3, -0.25) is 0 Å². The van der Waals surface area contributed by atoms with Crippen LogP contribution < -0.4 is 10.6 Å². The number of aryl methyl sites for hydroxylation is 1. The standard InChI is InChI=1S/C11H16BrN3S/c1-7-4-9(12)11(14-6-7)15(3)8(2)5-10(13)16/h4,6,8H,5H2,1-3H3,(H2,13,16). The Morgan fingerprint density at radius 1 is 1.69 bits per heavy atom. The molecule has 0 aliphatic rings. The molecular formula is C11H16BrN3S. The zero-order valence-electron chi connectivity index (χ0n) is 9.70. The Morgan fingerprint density at radius 2 is 2.31 bits per heavy atom. The molecular weight excluding hydrogens is 286 g/mol. The van der Waals surface area contributed by atoms with Gasteiger partial charge < -0.3 is 10.6 Å². The Morgan fingerprint density at radius 3 is 2.81 bits per heavy atom. The quantitative estimate of drug-likeness (QED) is 0.868. The van der Waals surface area contributed by atoms with Crippen molar-refractivity contribution in [2.75, 3.05) is 11.9 Å². The molecule has 0 saturated carbocycles. The first kappa shape index (κ1) is 13.4. The minimum absolute atomic E-state index is 0.240. The van der Waals surface area contributed by atoms with Crippen LogP contribution in [0.2, 0.25) is 0 Å². The number of hydrogen-bond donors (Lipinski definition) is 1. The van der Waals surface area contributed by atoms with Gasteiger partial charge in [0, 0.05) is 25.7 Å². The second-order valence-corrected chi connectivity index (χ2v) is 5.33. The third kappa shape index (κ3) is 3.42. The predicted octanol–water partition coefficient (Wildman–Crippen LogP) is 2.65. The molecule has 2 N–H and O–H groups in total. The van der Waals surface area contributed by atoms with Gasteiger partial charge in [-0.25, -0.2) is 4.98 Å². The fraction of sp³-hybridized carbons (Fsp3) is 0.455. The lowest BCUT2D eigenvalue weighted by molar-refractivity contribution is 0.703. The van der Waals surface area contributed by atoms with E-state index in [0.717, 1.165) is 15.9 Å². The number of nitrogens with two attached hydrogens (primary N) is 1. The fourth-order valence-corrected chi connectivity index (χ4v) is 2.41. The third-order valence-electron chi connectivity index (χ3n) is 2.45. The largest absolute Gasteiger partial charge is 0.393 e. The van der Waals surface area contributed by atoms with E-state index in [1.54, 1.807) is 0 Å². The Kier molecular flexibility index (Phi) is 4.68. The summed E-state index contributed by atoms with van der Waals surface area (Å²) < 4.78 is 0.991. The summed E-state index contributed by atoms with van der Waals surface area (Å²) in [5.74, 6) is 0.911. The molecule has 0 radical (unpaired) electrons. The molecule has 0 bridgehead atoms. The van der Waals surface area contributed by atoms with Crippen molar-refractivity contribution in [3.63, 3.8) is 0 Å². The first-order chi connectivity index (χ1) is 7.41. The maximum atomic E-state index is 5.54. The molecule has 0 fully saturated rings. The highest BCUT2D eigenvalue weighted by Gasteiger charge is 2.14. The second-order valence-electron chi connectivity index (χ2n) is 3.95. The van der Waals surface area contributed by atoms with E-state index in [-0.39, 0.29) is 6.04 Å². The molecule has 1 rings (SSSR count). The minimum Gasteiger partial charge on any atom is -0.393 e. The van der Waals surface area contributed by atoms with E-state index >= 15 is 0 Å². The molecule has 3 nitrogen and oxygen atoms in total. The summed E-state index contributed by atoms with van der Waals surface area (Å²) in [6.07, 6.45) is 2.54. The number of halogens is 1. The first-order valence-electron chi connectivity index (χ1n) is 5.05. The van der Waals surface area contributed by atoms with Gasteiger partial charge in [0.05, 0.1) is 9.46 Å². The van der Waals surface area contributed by atoms with Crippen molar-refractivity contribution >= 4 is 39.0 Å². The van der Waals surface area contributed by atoms with Crippen molar-refractivity contribution in [1.82, 2.24) is 4.98 Å². The summed E-state index contributed by atoms with van der Waals surface area (Å²) in [6, 6.07) is 2.29. The zero-order chi connectivity index (χ0) is 12.3. The van der Waals surface area contributed by atoms with Crippen LogP contribution in [0.1, 0.15) is 18.9 Å². The van der Waals surface area contributed by atoms with Gasteiger partial charge in [0.15, 0.2) is 0 Å². The van der Waals surface area contributed by atoms with Gasteiger partial charge in [-0.2, -0.15) is 0 Å². The molecule has 16 heavy (non-hydrogen) atoms. The van der Waals surface area contributed by atoms with Crippen molar-refractivity contribution in [3.8, 4) is 0 Å². The number of rotatable bonds is 4. The highest BCUT2D eigenvalue weighted by molar-refractivity contribution is 9.10. The molecule has 0 aromatic carbocycles. The second kappa shape index (κ2) is 5.59. The topological polar surface area (TPSA) is 42.2 Å². The first-order valence-corrected chi connectivity index (χ1v) is 6.25. The Bertz CT molecular complexity index is 395. The minimum atomic E-state index is 0.240. The van der Waals surface area contributed by atoms with Crippen LogP contribution in [-0.2, 0) is 0 Å². The average Bonchev–Trinajstić information content (AvgIpc) is 2.15. The van der Waals surface area contributed by atoms with Crippen LogP contribution in [-0.4, -0.2) is 23.1 Å². The monoisotopic (exact) mass is 301 g/mol. The number of aromatic nitrogens is 1. The number of thiocarbonyl (C=S) groups is 1. The van der Waals surface area contributed by atoms with Gasteiger partial charge in [0.1, 0.15) is 5.82 Å². The van der Waals surface area contributed by atoms with Crippen molar-refractivity contribution in [3.05, 3.63) is 22.3 Å². The molecule has 0 spiro atoms. The maximum absolute atomic E-state index is 5.54. The van der Waals surface area contributed by atoms with E-state index < -0.39 is 0 Å². The number of anilines is 1. The van der Waals surface area contributed by atoms with Gasteiger partial charge in [-0.1, -0.05) is 12.2 Å². The van der Waals surface area contributed by atoms with Crippen LogP contribution in [0.15, 0.2) is 16.7 Å². The summed E-state index contributed by atoms with van der Waals surface area (Å²) >= 11 is 8.43. The summed E-state index contributed by atoms with van der Waals surface area (Å²) in [6.45, 7) is 4.09. The van der Waals surface area contributed by atoms with Crippen molar-refractivity contribution in [1.29, 1.82) is 0 Å². The summed E-state index contributed by atoms with van der Waals surface area (Å²) in [7, 11) is 1.99. The molecule has 1 atom stereocenters. The SMILES string of the molecule is Cc1cnc(N(C)C(C)CC(N)=S)c(Br)c1. The van der Waals surface area contributed by atoms with Gasteiger partial charge in [0.2, 0.25) is 0 Å². The molecule has 0 amide bonds. The van der Waals surface area contributed by atoms with Crippen LogP contribution >= 0.6 is 28.1 Å². The van der Waals surface area contributed by atoms with E-state index in [0.29, 0.717) is 11.4 Å². The molecule has 1 unspecified atom stereocenters. The van der Waals surface area contributed by atoms with Gasteiger partial charge >= 0.3 is 0 Å². The van der Waals surface area contributed by atoms with Crippen molar-refractivity contribution < 1.29 is 0 Å². The van der Waals surface area contributed by atoms with Crippen LogP contribution in [0.25, 0.3) is 0 Å². The van der Waals surface area contributed by atoms with E-state index in [9.17, 15) is 0 Å². The average molecular weight is 302 g/mol. The lowest BCUT2D eigenvalue weighted by atomic mass is 10.2. The normalized spacial score (nSPS) is 12.2. The van der Waals surface area contributed by atoms with Crippen LogP contribution in [0.3, 0.4) is 0 Å². The van der Waals surface area contributed by atoms with Crippen LogP contribution in [0, 0.1) is 6.92 Å². The molecule has 0 aliphatic heterocycles. The summed E-state index contributed by atoms with van der Waals surface area (Å²) in [5.41, 5.74) is 6.67. The van der Waals surface area contributed by atoms with E-state index in [1.165, 1.54) is 0 Å². The molecule has 88 valence electrons. The van der Waals surface area contributed by atoms with E-state index in [4.69, 9.17) is 18.0 Å². The highest BCUT2D eigenvalue weighted by Crippen LogP contribution is 2.25. The third-order valence-corrected chi connectivity index (χ3v) is 3.20. The summed E-state index contributed by atoms with van der Waals surface area (Å²) in [5, 5.41) is 0. The van der Waals surface area contributed by atoms with Crippen molar-refractivity contribution in [2.45, 2.75) is 26.3 Å². The number of hydrogen-bond acceptors (Lipinski definition) is 3. The van der Waals surface area contributed by atoms with Gasteiger partial charge in [-0.15, -0.1) is 0 Å². The Hall–Kier alpha value is -0.680. The smallest absolute Gasteiger partial charge is 0.142 e. The number of nitrogens with zero attached hydrogens (tertiary/aromatic N) is 2. The van der Waals surface area contributed by atoms with Crippen molar-refractivity contribution in [2.24, 2.45) is 5.73 Å². The highest BCUT2D eigenvalue weighted by atomic mass is 79.9. The van der Waals surface area contributed by atoms with Crippen LogP contribution in [0.4, 0.5) is 5.82 Å². The Labute approximate surface area is 110 Å². The lowest BCUT2D eigenvalue weighted by Crippen LogP contribution is -2.33. The van der Waals surface area contributed by atoms with E-state index in [1.807, 2.05) is 26.2 Å². The molecule has 0 aliphatic carbocycles. The van der Waals surface area contributed by atoms with Gasteiger partial charge in [0.25, 0.3) is 0 Å². The molecule has 0 saturated heterocycles. The lowest BCUT2D eigenvalue weighted by Gasteiger charge is -2.26.